The highest BCUT2D eigenvalue weighted by atomic mass is 79.9. The molecular formula is C10H17BrN2OS. The number of aliphatic hydroxyl groups excluding tert-OH is 1. The van der Waals surface area contributed by atoms with Crippen LogP contribution in [0.3, 0.4) is 0 Å². The standard InChI is InChI=1S/C10H17BrN2OS/c1-7(2-4-14)13-9(6-12)10-8(11)3-5-15-10/h3,5,7,9,13-14H,2,4,6,12H2,1H3. The van der Waals surface area contributed by atoms with E-state index in [-0.39, 0.29) is 18.7 Å². The summed E-state index contributed by atoms with van der Waals surface area (Å²) in [4.78, 5) is 1.22. The second-order valence-electron chi connectivity index (χ2n) is 3.50. The Labute approximate surface area is 103 Å². The molecule has 86 valence electrons. The van der Waals surface area contributed by atoms with Crippen LogP contribution in [0.2, 0.25) is 0 Å². The molecule has 1 aromatic rings. The van der Waals surface area contributed by atoms with E-state index in [0.717, 1.165) is 10.9 Å². The van der Waals surface area contributed by atoms with Crippen LogP contribution in [0.25, 0.3) is 0 Å². The monoisotopic (exact) mass is 292 g/mol. The number of rotatable bonds is 6. The van der Waals surface area contributed by atoms with Crippen molar-refractivity contribution in [3.05, 3.63) is 20.8 Å². The highest BCUT2D eigenvalue weighted by Gasteiger charge is 2.16. The summed E-state index contributed by atoms with van der Waals surface area (Å²) in [5, 5.41) is 14.3. The summed E-state index contributed by atoms with van der Waals surface area (Å²) in [5.41, 5.74) is 5.74. The van der Waals surface area contributed by atoms with E-state index in [4.69, 9.17) is 10.8 Å². The smallest absolute Gasteiger partial charge is 0.0552 e. The molecule has 0 bridgehead atoms. The number of halogens is 1. The predicted molar refractivity (Wildman–Crippen MR) is 68.1 cm³/mol. The molecule has 2 unspecified atom stereocenters. The van der Waals surface area contributed by atoms with Gasteiger partial charge in [-0.25, -0.2) is 0 Å². The Kier molecular flexibility index (Phi) is 5.78. The number of hydrogen-bond acceptors (Lipinski definition) is 4. The molecule has 0 saturated carbocycles. The molecule has 3 nitrogen and oxygen atoms in total. The lowest BCUT2D eigenvalue weighted by Crippen LogP contribution is -2.35. The molecule has 0 spiro atoms. The zero-order valence-electron chi connectivity index (χ0n) is 8.74. The third-order valence-electron chi connectivity index (χ3n) is 2.24. The van der Waals surface area contributed by atoms with E-state index in [1.807, 2.05) is 11.4 Å². The van der Waals surface area contributed by atoms with Gasteiger partial charge in [0.05, 0.1) is 6.04 Å². The molecule has 1 rings (SSSR count). The number of nitrogens with two attached hydrogens (primary N) is 1. The fraction of sp³-hybridized carbons (Fsp3) is 0.600. The van der Waals surface area contributed by atoms with Crippen LogP contribution in [0.4, 0.5) is 0 Å². The molecule has 0 aliphatic heterocycles. The highest BCUT2D eigenvalue weighted by Crippen LogP contribution is 2.28. The minimum absolute atomic E-state index is 0.168. The van der Waals surface area contributed by atoms with Gasteiger partial charge in [-0.1, -0.05) is 0 Å². The zero-order chi connectivity index (χ0) is 11.3. The molecule has 0 amide bonds. The van der Waals surface area contributed by atoms with E-state index in [2.05, 4.69) is 28.2 Å². The van der Waals surface area contributed by atoms with E-state index in [1.54, 1.807) is 11.3 Å². The van der Waals surface area contributed by atoms with Crippen molar-refractivity contribution < 1.29 is 5.11 Å². The quantitative estimate of drug-likeness (QED) is 0.750. The van der Waals surface area contributed by atoms with E-state index < -0.39 is 0 Å². The van der Waals surface area contributed by atoms with Gasteiger partial charge in [0.2, 0.25) is 0 Å². The van der Waals surface area contributed by atoms with Crippen LogP contribution in [-0.2, 0) is 0 Å². The predicted octanol–water partition coefficient (Wildman–Crippen LogP) is 1.87. The van der Waals surface area contributed by atoms with Gasteiger partial charge in [0.25, 0.3) is 0 Å². The second kappa shape index (κ2) is 6.60. The summed E-state index contributed by atoms with van der Waals surface area (Å²) in [6.07, 6.45) is 0.749. The van der Waals surface area contributed by atoms with E-state index in [0.29, 0.717) is 6.54 Å². The van der Waals surface area contributed by atoms with Crippen molar-refractivity contribution >= 4 is 27.3 Å². The first-order chi connectivity index (χ1) is 7.19. The van der Waals surface area contributed by atoms with Gasteiger partial charge in [0.1, 0.15) is 0 Å². The molecule has 1 aromatic heterocycles. The minimum atomic E-state index is 0.168. The number of hydrogen-bond donors (Lipinski definition) is 3. The minimum Gasteiger partial charge on any atom is -0.396 e. The molecule has 1 heterocycles. The molecule has 0 fully saturated rings. The van der Waals surface area contributed by atoms with E-state index >= 15 is 0 Å². The molecule has 2 atom stereocenters. The fourth-order valence-electron chi connectivity index (χ4n) is 1.43. The first-order valence-corrected chi connectivity index (χ1v) is 6.66. The average Bonchev–Trinajstić information content (AvgIpc) is 2.61. The zero-order valence-corrected chi connectivity index (χ0v) is 11.1. The van der Waals surface area contributed by atoms with Crippen molar-refractivity contribution in [1.29, 1.82) is 0 Å². The highest BCUT2D eigenvalue weighted by molar-refractivity contribution is 9.10. The SMILES string of the molecule is CC(CCO)NC(CN)c1sccc1Br. The van der Waals surface area contributed by atoms with Crippen molar-refractivity contribution in [2.24, 2.45) is 5.73 Å². The van der Waals surface area contributed by atoms with Crippen molar-refractivity contribution in [3.8, 4) is 0 Å². The summed E-state index contributed by atoms with van der Waals surface area (Å²) in [6.45, 7) is 2.83. The number of thiophene rings is 1. The van der Waals surface area contributed by atoms with Crippen molar-refractivity contribution in [2.75, 3.05) is 13.2 Å². The maximum Gasteiger partial charge on any atom is 0.0552 e. The third-order valence-corrected chi connectivity index (χ3v) is 4.23. The number of nitrogens with one attached hydrogen (secondary N) is 1. The molecule has 0 aliphatic rings. The molecule has 15 heavy (non-hydrogen) atoms. The molecule has 0 aliphatic carbocycles. The first-order valence-electron chi connectivity index (χ1n) is 4.99. The molecule has 5 heteroatoms. The lowest BCUT2D eigenvalue weighted by atomic mass is 10.2. The van der Waals surface area contributed by atoms with Crippen LogP contribution >= 0.6 is 27.3 Å². The summed E-state index contributed by atoms with van der Waals surface area (Å²) in [5.74, 6) is 0. The Morgan fingerprint density at radius 3 is 2.87 bits per heavy atom. The van der Waals surface area contributed by atoms with Crippen LogP contribution in [0.15, 0.2) is 15.9 Å². The topological polar surface area (TPSA) is 58.3 Å². The maximum atomic E-state index is 8.83. The van der Waals surface area contributed by atoms with Crippen LogP contribution < -0.4 is 11.1 Å². The molecule has 0 saturated heterocycles. The Balaban J connectivity index is 2.60. The Bertz CT molecular complexity index is 293. The molecule has 0 radical (unpaired) electrons. The van der Waals surface area contributed by atoms with Gasteiger partial charge in [0.15, 0.2) is 0 Å². The second-order valence-corrected chi connectivity index (χ2v) is 5.30. The third kappa shape index (κ3) is 3.85. The number of aliphatic hydroxyl groups is 1. The van der Waals surface area contributed by atoms with Crippen LogP contribution in [0, 0.1) is 0 Å². The van der Waals surface area contributed by atoms with Crippen molar-refractivity contribution in [3.63, 3.8) is 0 Å². The fourth-order valence-corrected chi connectivity index (χ4v) is 3.15. The van der Waals surface area contributed by atoms with E-state index in [9.17, 15) is 0 Å². The van der Waals surface area contributed by atoms with Gasteiger partial charge >= 0.3 is 0 Å². The van der Waals surface area contributed by atoms with Gasteiger partial charge in [-0.2, -0.15) is 0 Å². The summed E-state index contributed by atoms with van der Waals surface area (Å²) in [6, 6.07) is 2.47. The van der Waals surface area contributed by atoms with Gasteiger partial charge in [-0.3, -0.25) is 0 Å². The lowest BCUT2D eigenvalue weighted by Gasteiger charge is -2.21. The van der Waals surface area contributed by atoms with Gasteiger partial charge in [0, 0.05) is 28.5 Å². The van der Waals surface area contributed by atoms with E-state index in [1.165, 1.54) is 4.88 Å². The van der Waals surface area contributed by atoms with Crippen LogP contribution in [0.5, 0.6) is 0 Å². The summed E-state index contributed by atoms with van der Waals surface area (Å²) >= 11 is 5.19. The Morgan fingerprint density at radius 2 is 2.40 bits per heavy atom. The largest absolute Gasteiger partial charge is 0.396 e. The lowest BCUT2D eigenvalue weighted by molar-refractivity contribution is 0.263. The summed E-state index contributed by atoms with van der Waals surface area (Å²) in [7, 11) is 0. The maximum absolute atomic E-state index is 8.83. The van der Waals surface area contributed by atoms with Gasteiger partial charge in [-0.15, -0.1) is 11.3 Å². The Hall–Kier alpha value is 0.0600. The molecule has 4 N–H and O–H groups in total. The van der Waals surface area contributed by atoms with Gasteiger partial charge in [-0.05, 0) is 40.7 Å². The van der Waals surface area contributed by atoms with Crippen LogP contribution in [0.1, 0.15) is 24.3 Å². The van der Waals surface area contributed by atoms with Crippen LogP contribution in [-0.4, -0.2) is 24.3 Å². The summed E-state index contributed by atoms with van der Waals surface area (Å²) < 4.78 is 1.10. The normalized spacial score (nSPS) is 15.2. The Morgan fingerprint density at radius 1 is 1.67 bits per heavy atom. The first kappa shape index (κ1) is 13.1. The van der Waals surface area contributed by atoms with Crippen molar-refractivity contribution in [2.45, 2.75) is 25.4 Å². The van der Waals surface area contributed by atoms with Gasteiger partial charge < -0.3 is 16.2 Å². The molecule has 0 aromatic carbocycles. The average molecular weight is 293 g/mol. The van der Waals surface area contributed by atoms with Crippen molar-refractivity contribution in [1.82, 2.24) is 5.32 Å². The molecular weight excluding hydrogens is 276 g/mol.